The largest absolute Gasteiger partial charge is 0.377 e. The zero-order valence-electron chi connectivity index (χ0n) is 10.6. The first-order valence-electron chi connectivity index (χ1n) is 6.03. The third-order valence-electron chi connectivity index (χ3n) is 3.62. The molecule has 0 spiro atoms. The summed E-state index contributed by atoms with van der Waals surface area (Å²) in [5, 5.41) is 0. The van der Waals surface area contributed by atoms with Crippen molar-refractivity contribution < 1.29 is 4.74 Å². The van der Waals surface area contributed by atoms with E-state index in [1.165, 1.54) is 12.8 Å². The van der Waals surface area contributed by atoms with Crippen molar-refractivity contribution in [2.45, 2.75) is 45.3 Å². The first-order valence-corrected chi connectivity index (χ1v) is 6.03. The Kier molecular flexibility index (Phi) is 4.56. The lowest BCUT2D eigenvalue weighted by molar-refractivity contribution is 0.0334. The standard InChI is InChI=1S/C12H26N2O/c1-10(2)15-8-7-14(4)12(3,9-13)11-5-6-11/h10-11H,5-9,13H2,1-4H3. The van der Waals surface area contributed by atoms with E-state index in [1.807, 2.05) is 0 Å². The second kappa shape index (κ2) is 5.28. The van der Waals surface area contributed by atoms with Gasteiger partial charge in [-0.2, -0.15) is 0 Å². The van der Waals surface area contributed by atoms with E-state index >= 15 is 0 Å². The Bertz CT molecular complexity index is 192. The van der Waals surface area contributed by atoms with Crippen molar-refractivity contribution in [3.63, 3.8) is 0 Å². The molecule has 15 heavy (non-hydrogen) atoms. The van der Waals surface area contributed by atoms with Gasteiger partial charge in [0.05, 0.1) is 12.7 Å². The van der Waals surface area contributed by atoms with E-state index in [-0.39, 0.29) is 5.54 Å². The molecule has 1 unspecified atom stereocenters. The Hall–Kier alpha value is -0.120. The molecule has 0 radical (unpaired) electrons. The van der Waals surface area contributed by atoms with Crippen LogP contribution in [0.25, 0.3) is 0 Å². The quantitative estimate of drug-likeness (QED) is 0.697. The number of rotatable bonds is 7. The minimum atomic E-state index is 0.181. The lowest BCUT2D eigenvalue weighted by Crippen LogP contribution is -2.52. The van der Waals surface area contributed by atoms with Gasteiger partial charge in [-0.05, 0) is 46.6 Å². The Morgan fingerprint density at radius 3 is 2.47 bits per heavy atom. The fraction of sp³-hybridized carbons (Fsp3) is 1.00. The Balaban J connectivity index is 2.33. The Labute approximate surface area is 94.0 Å². The van der Waals surface area contributed by atoms with Crippen LogP contribution in [0.3, 0.4) is 0 Å². The zero-order valence-corrected chi connectivity index (χ0v) is 10.6. The van der Waals surface area contributed by atoms with Crippen molar-refractivity contribution in [3.8, 4) is 0 Å². The van der Waals surface area contributed by atoms with Crippen molar-refractivity contribution in [1.82, 2.24) is 4.90 Å². The van der Waals surface area contributed by atoms with Crippen molar-refractivity contribution in [3.05, 3.63) is 0 Å². The van der Waals surface area contributed by atoms with E-state index in [9.17, 15) is 0 Å². The highest BCUT2D eigenvalue weighted by Crippen LogP contribution is 2.41. The molecule has 1 saturated carbocycles. The van der Waals surface area contributed by atoms with Gasteiger partial charge in [0.1, 0.15) is 0 Å². The molecule has 0 bridgehead atoms. The molecule has 0 aromatic heterocycles. The van der Waals surface area contributed by atoms with Crippen LogP contribution >= 0.6 is 0 Å². The fourth-order valence-corrected chi connectivity index (χ4v) is 2.02. The SMILES string of the molecule is CC(C)OCCN(C)C(C)(CN)C1CC1. The third kappa shape index (κ3) is 3.44. The number of hydrogen-bond acceptors (Lipinski definition) is 3. The van der Waals surface area contributed by atoms with Crippen LogP contribution in [0.15, 0.2) is 0 Å². The van der Waals surface area contributed by atoms with Crippen LogP contribution < -0.4 is 5.73 Å². The molecule has 0 aromatic rings. The maximum atomic E-state index is 5.90. The summed E-state index contributed by atoms with van der Waals surface area (Å²) in [7, 11) is 2.16. The van der Waals surface area contributed by atoms with E-state index in [0.717, 1.165) is 25.6 Å². The van der Waals surface area contributed by atoms with Crippen LogP contribution in [0.2, 0.25) is 0 Å². The van der Waals surface area contributed by atoms with Crippen LogP contribution in [-0.4, -0.2) is 43.3 Å². The Morgan fingerprint density at radius 1 is 1.47 bits per heavy atom. The molecule has 90 valence electrons. The maximum Gasteiger partial charge on any atom is 0.0597 e. The lowest BCUT2D eigenvalue weighted by Gasteiger charge is -2.38. The third-order valence-corrected chi connectivity index (χ3v) is 3.62. The van der Waals surface area contributed by atoms with Crippen LogP contribution in [0.5, 0.6) is 0 Å². The second-order valence-electron chi connectivity index (χ2n) is 5.18. The number of hydrogen-bond donors (Lipinski definition) is 1. The van der Waals surface area contributed by atoms with Gasteiger partial charge in [-0.25, -0.2) is 0 Å². The van der Waals surface area contributed by atoms with Gasteiger partial charge in [0.25, 0.3) is 0 Å². The van der Waals surface area contributed by atoms with Gasteiger partial charge in [-0.1, -0.05) is 0 Å². The van der Waals surface area contributed by atoms with Crippen molar-refractivity contribution >= 4 is 0 Å². The topological polar surface area (TPSA) is 38.5 Å². The first kappa shape index (κ1) is 12.9. The van der Waals surface area contributed by atoms with Crippen molar-refractivity contribution in [2.75, 3.05) is 26.7 Å². The molecule has 0 heterocycles. The average Bonchev–Trinajstić information content (AvgIpc) is 2.99. The summed E-state index contributed by atoms with van der Waals surface area (Å²) in [6, 6.07) is 0. The highest BCUT2D eigenvalue weighted by atomic mass is 16.5. The summed E-state index contributed by atoms with van der Waals surface area (Å²) in [4.78, 5) is 2.37. The lowest BCUT2D eigenvalue weighted by atomic mass is 9.94. The zero-order chi connectivity index (χ0) is 11.5. The number of nitrogens with two attached hydrogens (primary N) is 1. The smallest absolute Gasteiger partial charge is 0.0597 e. The first-order chi connectivity index (χ1) is 7.00. The molecule has 0 aromatic carbocycles. The van der Waals surface area contributed by atoms with Crippen molar-refractivity contribution in [2.24, 2.45) is 11.7 Å². The van der Waals surface area contributed by atoms with Crippen LogP contribution in [0.1, 0.15) is 33.6 Å². The molecule has 0 aliphatic heterocycles. The second-order valence-corrected chi connectivity index (χ2v) is 5.18. The number of ether oxygens (including phenoxy) is 1. The Morgan fingerprint density at radius 2 is 2.07 bits per heavy atom. The predicted octanol–water partition coefficient (Wildman–Crippen LogP) is 1.47. The van der Waals surface area contributed by atoms with Gasteiger partial charge < -0.3 is 10.5 Å². The van der Waals surface area contributed by atoms with E-state index in [2.05, 4.69) is 32.7 Å². The minimum absolute atomic E-state index is 0.181. The molecule has 3 heteroatoms. The van der Waals surface area contributed by atoms with E-state index in [4.69, 9.17) is 10.5 Å². The highest BCUT2D eigenvalue weighted by molar-refractivity contribution is 4.99. The molecular weight excluding hydrogens is 188 g/mol. The van der Waals surface area contributed by atoms with Crippen LogP contribution in [0.4, 0.5) is 0 Å². The molecule has 1 aliphatic rings. The molecule has 1 aliphatic carbocycles. The summed E-state index contributed by atoms with van der Waals surface area (Å²) in [6.45, 7) is 8.95. The molecule has 0 amide bonds. The molecule has 2 N–H and O–H groups in total. The van der Waals surface area contributed by atoms with E-state index in [0.29, 0.717) is 6.10 Å². The predicted molar refractivity (Wildman–Crippen MR) is 63.9 cm³/mol. The minimum Gasteiger partial charge on any atom is -0.377 e. The van der Waals surface area contributed by atoms with Gasteiger partial charge in [-0.15, -0.1) is 0 Å². The van der Waals surface area contributed by atoms with Gasteiger partial charge in [-0.3, -0.25) is 4.90 Å². The molecule has 0 saturated heterocycles. The monoisotopic (exact) mass is 214 g/mol. The molecule has 1 fully saturated rings. The fourth-order valence-electron chi connectivity index (χ4n) is 2.02. The van der Waals surface area contributed by atoms with E-state index < -0.39 is 0 Å². The molecule has 1 rings (SSSR count). The molecular formula is C12H26N2O. The van der Waals surface area contributed by atoms with Crippen molar-refractivity contribution in [1.29, 1.82) is 0 Å². The summed E-state index contributed by atoms with van der Waals surface area (Å²) < 4.78 is 5.57. The average molecular weight is 214 g/mol. The summed E-state index contributed by atoms with van der Waals surface area (Å²) in [5.41, 5.74) is 6.08. The van der Waals surface area contributed by atoms with Crippen LogP contribution in [-0.2, 0) is 4.74 Å². The summed E-state index contributed by atoms with van der Waals surface area (Å²) in [6.07, 6.45) is 3.00. The summed E-state index contributed by atoms with van der Waals surface area (Å²) in [5.74, 6) is 0.798. The maximum absolute atomic E-state index is 5.90. The molecule has 1 atom stereocenters. The number of nitrogens with zero attached hydrogens (tertiary/aromatic N) is 1. The summed E-state index contributed by atoms with van der Waals surface area (Å²) >= 11 is 0. The van der Waals surface area contributed by atoms with Gasteiger partial charge in [0.15, 0.2) is 0 Å². The van der Waals surface area contributed by atoms with Gasteiger partial charge in [0, 0.05) is 18.6 Å². The van der Waals surface area contributed by atoms with Gasteiger partial charge in [0.2, 0.25) is 0 Å². The molecule has 3 nitrogen and oxygen atoms in total. The van der Waals surface area contributed by atoms with E-state index in [1.54, 1.807) is 0 Å². The normalized spacial score (nSPS) is 21.0. The number of likely N-dealkylation sites (N-methyl/N-ethyl adjacent to an activating group) is 1. The van der Waals surface area contributed by atoms with Gasteiger partial charge >= 0.3 is 0 Å². The van der Waals surface area contributed by atoms with Crippen LogP contribution in [0, 0.1) is 5.92 Å². The highest BCUT2D eigenvalue weighted by Gasteiger charge is 2.43.